The van der Waals surface area contributed by atoms with E-state index in [-0.39, 0.29) is 0 Å². The van der Waals surface area contributed by atoms with Crippen molar-refractivity contribution in [1.82, 2.24) is 5.32 Å². The molecule has 0 heterocycles. The van der Waals surface area contributed by atoms with Crippen molar-refractivity contribution in [2.24, 2.45) is 0 Å². The van der Waals surface area contributed by atoms with Crippen LogP contribution in [-0.4, -0.2) is 13.7 Å². The van der Waals surface area contributed by atoms with Crippen LogP contribution in [0.15, 0.2) is 36.4 Å². The summed E-state index contributed by atoms with van der Waals surface area (Å²) in [5, 5.41) is 3.48. The Morgan fingerprint density at radius 2 is 2.05 bits per heavy atom. The summed E-state index contributed by atoms with van der Waals surface area (Å²) in [5.41, 5.74) is 1.28. The van der Waals surface area contributed by atoms with Gasteiger partial charge in [0.1, 0.15) is 5.75 Å². The molecule has 1 aromatic carbocycles. The number of benzene rings is 1. The molecule has 1 N–H and O–H groups in total. The Labute approximate surface area is 117 Å². The van der Waals surface area contributed by atoms with E-state index in [1.807, 2.05) is 12.1 Å². The van der Waals surface area contributed by atoms with Crippen molar-refractivity contribution in [3.8, 4) is 5.75 Å². The molecular weight excluding hydrogens is 234 g/mol. The highest BCUT2D eigenvalue weighted by atomic mass is 16.5. The number of nitrogens with one attached hydrogen (secondary N) is 1. The van der Waals surface area contributed by atoms with Gasteiger partial charge in [0.2, 0.25) is 0 Å². The Morgan fingerprint density at radius 3 is 2.84 bits per heavy atom. The molecule has 0 aromatic heterocycles. The van der Waals surface area contributed by atoms with Crippen molar-refractivity contribution in [3.63, 3.8) is 0 Å². The van der Waals surface area contributed by atoms with Crippen molar-refractivity contribution in [2.75, 3.05) is 13.7 Å². The second-order valence-corrected chi connectivity index (χ2v) is 4.76. The highest BCUT2D eigenvalue weighted by Gasteiger charge is 1.95. The second kappa shape index (κ2) is 10.6. The third-order valence-corrected chi connectivity index (χ3v) is 3.09. The zero-order valence-electron chi connectivity index (χ0n) is 12.3. The number of unbranched alkanes of at least 4 members (excludes halogenated alkanes) is 3. The Balaban J connectivity index is 2.02. The lowest BCUT2D eigenvalue weighted by Gasteiger charge is -2.06. The van der Waals surface area contributed by atoms with Crippen LogP contribution >= 0.6 is 0 Å². The third kappa shape index (κ3) is 7.68. The van der Waals surface area contributed by atoms with E-state index in [4.69, 9.17) is 4.74 Å². The van der Waals surface area contributed by atoms with Crippen LogP contribution in [-0.2, 0) is 6.54 Å². The average Bonchev–Trinajstić information content (AvgIpc) is 2.46. The molecule has 106 valence electrons. The van der Waals surface area contributed by atoms with E-state index in [1.54, 1.807) is 7.11 Å². The highest BCUT2D eigenvalue weighted by Crippen LogP contribution is 2.12. The molecular formula is C17H27NO. The third-order valence-electron chi connectivity index (χ3n) is 3.09. The maximum Gasteiger partial charge on any atom is 0.119 e. The summed E-state index contributed by atoms with van der Waals surface area (Å²) >= 11 is 0. The van der Waals surface area contributed by atoms with Crippen LogP contribution in [0.4, 0.5) is 0 Å². The summed E-state index contributed by atoms with van der Waals surface area (Å²) in [6.45, 7) is 4.20. The molecule has 0 radical (unpaired) electrons. The van der Waals surface area contributed by atoms with Crippen molar-refractivity contribution in [2.45, 2.75) is 45.6 Å². The molecule has 0 fully saturated rings. The van der Waals surface area contributed by atoms with Crippen LogP contribution in [0.2, 0.25) is 0 Å². The number of hydrogen-bond acceptors (Lipinski definition) is 2. The Bertz CT molecular complexity index is 360. The minimum atomic E-state index is 0.924. The number of hydrogen-bond donors (Lipinski definition) is 1. The van der Waals surface area contributed by atoms with Crippen LogP contribution < -0.4 is 10.1 Å². The topological polar surface area (TPSA) is 21.3 Å². The summed E-state index contributed by atoms with van der Waals surface area (Å²) in [4.78, 5) is 0. The van der Waals surface area contributed by atoms with Crippen molar-refractivity contribution in [1.29, 1.82) is 0 Å². The molecule has 1 aromatic rings. The fraction of sp³-hybridized carbons (Fsp3) is 0.529. The molecule has 0 atom stereocenters. The minimum absolute atomic E-state index is 0.924. The second-order valence-electron chi connectivity index (χ2n) is 4.76. The van der Waals surface area contributed by atoms with E-state index in [2.05, 4.69) is 36.5 Å². The summed E-state index contributed by atoms with van der Waals surface area (Å²) in [6.07, 6.45) is 10.8. The molecule has 0 aliphatic carbocycles. The number of rotatable bonds is 10. The maximum atomic E-state index is 5.21. The van der Waals surface area contributed by atoms with Crippen molar-refractivity contribution < 1.29 is 4.74 Å². The summed E-state index contributed by atoms with van der Waals surface area (Å²) in [7, 11) is 1.71. The summed E-state index contributed by atoms with van der Waals surface area (Å²) in [5.74, 6) is 0.932. The van der Waals surface area contributed by atoms with Gasteiger partial charge >= 0.3 is 0 Å². The van der Waals surface area contributed by atoms with Gasteiger partial charge in [0.15, 0.2) is 0 Å². The van der Waals surface area contributed by atoms with Gasteiger partial charge in [-0.3, -0.25) is 0 Å². The monoisotopic (exact) mass is 261 g/mol. The van der Waals surface area contributed by atoms with Gasteiger partial charge in [-0.05, 0) is 49.9 Å². The lowest BCUT2D eigenvalue weighted by Crippen LogP contribution is -2.14. The molecule has 0 aliphatic rings. The van der Waals surface area contributed by atoms with Crippen LogP contribution in [0.3, 0.4) is 0 Å². The van der Waals surface area contributed by atoms with Gasteiger partial charge < -0.3 is 10.1 Å². The average molecular weight is 261 g/mol. The lowest BCUT2D eigenvalue weighted by molar-refractivity contribution is 0.414. The van der Waals surface area contributed by atoms with E-state index in [0.29, 0.717) is 0 Å². The predicted molar refractivity (Wildman–Crippen MR) is 82.6 cm³/mol. The first-order valence-electron chi connectivity index (χ1n) is 7.35. The van der Waals surface area contributed by atoms with E-state index < -0.39 is 0 Å². The minimum Gasteiger partial charge on any atom is -0.497 e. The lowest BCUT2D eigenvalue weighted by atomic mass is 10.1. The van der Waals surface area contributed by atoms with E-state index in [9.17, 15) is 0 Å². The summed E-state index contributed by atoms with van der Waals surface area (Å²) in [6, 6.07) is 8.23. The van der Waals surface area contributed by atoms with Gasteiger partial charge in [-0.25, -0.2) is 0 Å². The number of methoxy groups -OCH3 is 1. The van der Waals surface area contributed by atoms with Gasteiger partial charge in [-0.2, -0.15) is 0 Å². The largest absolute Gasteiger partial charge is 0.497 e. The van der Waals surface area contributed by atoms with Crippen LogP contribution in [0.5, 0.6) is 5.75 Å². The molecule has 0 aliphatic heterocycles. The molecule has 0 bridgehead atoms. The first kappa shape index (κ1) is 15.8. The van der Waals surface area contributed by atoms with Crippen LogP contribution in [0.1, 0.15) is 44.6 Å². The van der Waals surface area contributed by atoms with Gasteiger partial charge in [0.05, 0.1) is 7.11 Å². The maximum absolute atomic E-state index is 5.21. The van der Waals surface area contributed by atoms with Crippen molar-refractivity contribution >= 4 is 0 Å². The normalized spacial score (nSPS) is 11.1. The molecule has 0 amide bonds. The smallest absolute Gasteiger partial charge is 0.119 e. The van der Waals surface area contributed by atoms with Gasteiger partial charge in [-0.15, -0.1) is 0 Å². The highest BCUT2D eigenvalue weighted by molar-refractivity contribution is 5.28. The standard InChI is InChI=1S/C17H27NO/c1-3-4-5-6-7-8-9-13-18-15-16-11-10-12-17(14-16)19-2/h4-5,10-12,14,18H,3,6-9,13,15H2,1-2H3/b5-4+. The summed E-state index contributed by atoms with van der Waals surface area (Å²) < 4.78 is 5.21. The fourth-order valence-electron chi connectivity index (χ4n) is 1.99. The Kier molecular flexibility index (Phi) is 8.82. The molecule has 1 rings (SSSR count). The zero-order chi connectivity index (χ0) is 13.8. The van der Waals surface area contributed by atoms with E-state index >= 15 is 0 Å². The van der Waals surface area contributed by atoms with Gasteiger partial charge in [-0.1, -0.05) is 37.6 Å². The zero-order valence-corrected chi connectivity index (χ0v) is 12.3. The number of ether oxygens (including phenoxy) is 1. The SMILES string of the molecule is CC/C=C/CCCCCNCc1cccc(OC)c1. The Hall–Kier alpha value is -1.28. The molecule has 0 saturated heterocycles. The molecule has 19 heavy (non-hydrogen) atoms. The van der Waals surface area contributed by atoms with E-state index in [1.165, 1.54) is 31.2 Å². The van der Waals surface area contributed by atoms with Crippen molar-refractivity contribution in [3.05, 3.63) is 42.0 Å². The molecule has 0 spiro atoms. The van der Waals surface area contributed by atoms with Crippen LogP contribution in [0, 0.1) is 0 Å². The predicted octanol–water partition coefficient (Wildman–Crippen LogP) is 4.31. The Morgan fingerprint density at radius 1 is 1.16 bits per heavy atom. The first-order chi connectivity index (χ1) is 9.36. The van der Waals surface area contributed by atoms with Crippen LogP contribution in [0.25, 0.3) is 0 Å². The molecule has 0 saturated carbocycles. The van der Waals surface area contributed by atoms with E-state index in [0.717, 1.165) is 25.3 Å². The van der Waals surface area contributed by atoms with Gasteiger partial charge in [0.25, 0.3) is 0 Å². The molecule has 2 nitrogen and oxygen atoms in total. The first-order valence-corrected chi connectivity index (χ1v) is 7.35. The molecule has 0 unspecified atom stereocenters. The number of allylic oxidation sites excluding steroid dienone is 2. The molecule has 2 heteroatoms. The quantitative estimate of drug-likeness (QED) is 0.500. The van der Waals surface area contributed by atoms with Gasteiger partial charge in [0, 0.05) is 6.54 Å². The fourth-order valence-corrected chi connectivity index (χ4v) is 1.99.